The number of rotatable bonds is 6. The van der Waals surface area contributed by atoms with E-state index in [0.717, 1.165) is 0 Å². The van der Waals surface area contributed by atoms with E-state index >= 15 is 0 Å². The van der Waals surface area contributed by atoms with Crippen LogP contribution in [0.5, 0.6) is 0 Å². The van der Waals surface area contributed by atoms with Crippen LogP contribution in [0, 0.1) is 5.82 Å². The summed E-state index contributed by atoms with van der Waals surface area (Å²) in [6.07, 6.45) is 2.80. The van der Waals surface area contributed by atoms with E-state index < -0.39 is 17.3 Å². The van der Waals surface area contributed by atoms with E-state index in [0.29, 0.717) is 12.8 Å². The lowest BCUT2D eigenvalue weighted by Gasteiger charge is -2.28. The molecule has 1 rings (SSSR count). The van der Waals surface area contributed by atoms with Gasteiger partial charge in [-0.1, -0.05) is 18.2 Å². The summed E-state index contributed by atoms with van der Waals surface area (Å²) in [5, 5.41) is 2.86. The van der Waals surface area contributed by atoms with Gasteiger partial charge in [0.1, 0.15) is 11.4 Å². The monoisotopic (exact) mass is 236 g/mol. The van der Waals surface area contributed by atoms with Gasteiger partial charge in [0.25, 0.3) is 0 Å². The highest BCUT2D eigenvalue weighted by Crippen LogP contribution is 2.22. The minimum atomic E-state index is -0.976. The second kappa shape index (κ2) is 5.48. The molecule has 1 aromatic rings. The second-order valence-corrected chi connectivity index (χ2v) is 4.13. The summed E-state index contributed by atoms with van der Waals surface area (Å²) < 4.78 is 13.5. The number of benzene rings is 1. The molecular weight excluding hydrogens is 219 g/mol. The molecule has 1 aromatic carbocycles. The molecule has 0 saturated carbocycles. The lowest BCUT2D eigenvalue weighted by atomic mass is 9.94. The predicted molar refractivity (Wildman–Crippen MR) is 67.1 cm³/mol. The fourth-order valence-electron chi connectivity index (χ4n) is 1.50. The van der Waals surface area contributed by atoms with Gasteiger partial charge in [0.05, 0.1) is 5.69 Å². The highest BCUT2D eigenvalue weighted by atomic mass is 19.1. The van der Waals surface area contributed by atoms with Crippen molar-refractivity contribution in [1.29, 1.82) is 0 Å². The molecule has 92 valence electrons. The number of anilines is 1. The third-order valence-corrected chi connectivity index (χ3v) is 2.68. The Balaban J connectivity index is 2.90. The highest BCUT2D eigenvalue weighted by Gasteiger charge is 2.30. The number of carbonyl (C=O) groups excluding carboxylic acids is 1. The maximum atomic E-state index is 13.5. The molecule has 0 aromatic heterocycles. The molecule has 3 nitrogen and oxygen atoms in total. The zero-order chi connectivity index (χ0) is 12.9. The number of amides is 1. The molecule has 0 bridgehead atoms. The average Bonchev–Trinajstić information content (AvgIpc) is 2.29. The quantitative estimate of drug-likeness (QED) is 0.745. The number of nitrogens with two attached hydrogens (primary N) is 1. The Hall–Kier alpha value is -1.84. The molecule has 0 saturated heterocycles. The Morgan fingerprint density at radius 2 is 2.24 bits per heavy atom. The number of primary amides is 1. The molecule has 0 heterocycles. The lowest BCUT2D eigenvalue weighted by Crippen LogP contribution is -2.48. The molecule has 1 amide bonds. The van der Waals surface area contributed by atoms with Gasteiger partial charge in [-0.05, 0) is 31.9 Å². The molecule has 0 aliphatic rings. The predicted octanol–water partition coefficient (Wildman–Crippen LogP) is 2.45. The van der Waals surface area contributed by atoms with Crippen molar-refractivity contribution in [1.82, 2.24) is 0 Å². The van der Waals surface area contributed by atoms with Crippen LogP contribution >= 0.6 is 0 Å². The molecule has 1 unspecified atom stereocenters. The molecule has 0 aliphatic carbocycles. The van der Waals surface area contributed by atoms with Crippen LogP contribution in [0.25, 0.3) is 0 Å². The van der Waals surface area contributed by atoms with E-state index in [9.17, 15) is 9.18 Å². The number of allylic oxidation sites excluding steroid dienone is 1. The molecule has 0 spiro atoms. The van der Waals surface area contributed by atoms with Gasteiger partial charge in [-0.15, -0.1) is 6.58 Å². The maximum absolute atomic E-state index is 13.5. The molecule has 3 N–H and O–H groups in total. The Kier molecular flexibility index (Phi) is 4.26. The Labute approximate surface area is 101 Å². The van der Waals surface area contributed by atoms with Crippen LogP contribution in [0.4, 0.5) is 10.1 Å². The summed E-state index contributed by atoms with van der Waals surface area (Å²) in [4.78, 5) is 11.4. The van der Waals surface area contributed by atoms with Gasteiger partial charge in [0.15, 0.2) is 0 Å². The van der Waals surface area contributed by atoms with Gasteiger partial charge in [-0.2, -0.15) is 0 Å². The average molecular weight is 236 g/mol. The lowest BCUT2D eigenvalue weighted by molar-refractivity contribution is -0.122. The third-order valence-electron chi connectivity index (χ3n) is 2.68. The zero-order valence-electron chi connectivity index (χ0n) is 9.87. The topological polar surface area (TPSA) is 55.1 Å². The first-order valence-corrected chi connectivity index (χ1v) is 5.43. The van der Waals surface area contributed by atoms with Crippen LogP contribution in [0.15, 0.2) is 36.9 Å². The number of nitrogens with one attached hydrogen (secondary N) is 1. The molecule has 0 radical (unpaired) electrons. The minimum Gasteiger partial charge on any atom is -0.369 e. The first-order valence-electron chi connectivity index (χ1n) is 5.43. The SMILES string of the molecule is C=CCCC(C)(Nc1ccccc1F)C(N)=O. The maximum Gasteiger partial charge on any atom is 0.242 e. The zero-order valence-corrected chi connectivity index (χ0v) is 9.87. The fraction of sp³-hybridized carbons (Fsp3) is 0.308. The van der Waals surface area contributed by atoms with Crippen molar-refractivity contribution in [3.05, 3.63) is 42.7 Å². The van der Waals surface area contributed by atoms with Gasteiger partial charge >= 0.3 is 0 Å². The summed E-state index contributed by atoms with van der Waals surface area (Å²) in [5.41, 5.74) is 4.65. The van der Waals surface area contributed by atoms with Crippen LogP contribution < -0.4 is 11.1 Å². The van der Waals surface area contributed by atoms with Crippen molar-refractivity contribution in [2.75, 3.05) is 5.32 Å². The fourth-order valence-corrected chi connectivity index (χ4v) is 1.50. The second-order valence-electron chi connectivity index (χ2n) is 4.13. The van der Waals surface area contributed by atoms with Crippen molar-refractivity contribution < 1.29 is 9.18 Å². The first kappa shape index (κ1) is 13.2. The smallest absolute Gasteiger partial charge is 0.242 e. The number of carbonyl (C=O) groups is 1. The number of halogens is 1. The molecule has 4 heteroatoms. The normalized spacial score (nSPS) is 13.8. The highest BCUT2D eigenvalue weighted by molar-refractivity contribution is 5.87. The van der Waals surface area contributed by atoms with Gasteiger partial charge in [-0.3, -0.25) is 4.79 Å². The Morgan fingerprint density at radius 1 is 1.59 bits per heavy atom. The standard InChI is InChI=1S/C13H17FN2O/c1-3-4-9-13(2,12(15)17)16-11-8-6-5-7-10(11)14/h3,5-8,16H,1,4,9H2,2H3,(H2,15,17). The van der Waals surface area contributed by atoms with E-state index in [1.54, 1.807) is 31.2 Å². The van der Waals surface area contributed by atoms with E-state index in [-0.39, 0.29) is 5.69 Å². The summed E-state index contributed by atoms with van der Waals surface area (Å²) in [6.45, 7) is 5.25. The summed E-state index contributed by atoms with van der Waals surface area (Å²) >= 11 is 0. The first-order chi connectivity index (χ1) is 7.99. The molecule has 0 aliphatic heterocycles. The van der Waals surface area contributed by atoms with Crippen LogP contribution in [-0.4, -0.2) is 11.4 Å². The van der Waals surface area contributed by atoms with Crippen LogP contribution in [0.1, 0.15) is 19.8 Å². The van der Waals surface area contributed by atoms with E-state index in [2.05, 4.69) is 11.9 Å². The van der Waals surface area contributed by atoms with Gasteiger partial charge in [0, 0.05) is 0 Å². The van der Waals surface area contributed by atoms with E-state index in [4.69, 9.17) is 5.73 Å². The largest absolute Gasteiger partial charge is 0.369 e. The van der Waals surface area contributed by atoms with Crippen LogP contribution in [0.3, 0.4) is 0 Å². The van der Waals surface area contributed by atoms with E-state index in [1.165, 1.54) is 6.07 Å². The van der Waals surface area contributed by atoms with Crippen molar-refractivity contribution in [2.45, 2.75) is 25.3 Å². The number of hydrogen-bond donors (Lipinski definition) is 2. The Morgan fingerprint density at radius 3 is 2.76 bits per heavy atom. The van der Waals surface area contributed by atoms with Gasteiger partial charge in [0.2, 0.25) is 5.91 Å². The number of para-hydroxylation sites is 1. The minimum absolute atomic E-state index is 0.276. The third kappa shape index (κ3) is 3.31. The van der Waals surface area contributed by atoms with Gasteiger partial charge < -0.3 is 11.1 Å². The number of hydrogen-bond acceptors (Lipinski definition) is 2. The summed E-state index contributed by atoms with van der Waals surface area (Å²) in [7, 11) is 0. The molecule has 17 heavy (non-hydrogen) atoms. The summed E-state index contributed by atoms with van der Waals surface area (Å²) in [5.74, 6) is -0.916. The van der Waals surface area contributed by atoms with Crippen LogP contribution in [-0.2, 0) is 4.79 Å². The van der Waals surface area contributed by atoms with Crippen molar-refractivity contribution in [2.24, 2.45) is 5.73 Å². The molecule has 1 atom stereocenters. The van der Waals surface area contributed by atoms with Crippen molar-refractivity contribution in [3.8, 4) is 0 Å². The molecule has 0 fully saturated rings. The van der Waals surface area contributed by atoms with Crippen LogP contribution in [0.2, 0.25) is 0 Å². The summed E-state index contributed by atoms with van der Waals surface area (Å²) in [6, 6.07) is 6.19. The van der Waals surface area contributed by atoms with Crippen molar-refractivity contribution >= 4 is 11.6 Å². The van der Waals surface area contributed by atoms with Gasteiger partial charge in [-0.25, -0.2) is 4.39 Å². The Bertz CT molecular complexity index is 420. The van der Waals surface area contributed by atoms with E-state index in [1.807, 2.05) is 0 Å². The molecular formula is C13H17FN2O. The van der Waals surface area contributed by atoms with Crippen molar-refractivity contribution in [3.63, 3.8) is 0 Å².